The topological polar surface area (TPSA) is 102 Å². The molecule has 0 unspecified atom stereocenters. The molecule has 8 heteroatoms. The standard InChI is InChI=1S/C20H22N2O5S/c1-13(19(23)22-17-9-6-14-4-3-5-16(14)12-17)27-20(24)15-7-10-18(11-8-15)28(25,26)21-2/h6-13,21H,3-5H2,1-2H3,(H,22,23)/t13-/m1/s1. The molecular weight excluding hydrogens is 380 g/mol. The van der Waals surface area contributed by atoms with Gasteiger partial charge in [-0.3, -0.25) is 4.79 Å². The predicted octanol–water partition coefficient (Wildman–Crippen LogP) is 2.27. The van der Waals surface area contributed by atoms with Gasteiger partial charge in [0, 0.05) is 5.69 Å². The maximum atomic E-state index is 12.3. The summed E-state index contributed by atoms with van der Waals surface area (Å²) >= 11 is 0. The number of sulfonamides is 1. The molecule has 7 nitrogen and oxygen atoms in total. The van der Waals surface area contributed by atoms with Crippen molar-refractivity contribution in [3.8, 4) is 0 Å². The van der Waals surface area contributed by atoms with E-state index < -0.39 is 28.0 Å². The molecule has 2 N–H and O–H groups in total. The number of carbonyl (C=O) groups is 2. The van der Waals surface area contributed by atoms with Crippen LogP contribution in [-0.4, -0.2) is 33.4 Å². The SMILES string of the molecule is CNS(=O)(=O)c1ccc(C(=O)O[C@H](C)C(=O)Nc2ccc3c(c2)CCC3)cc1. The average Bonchev–Trinajstić information content (AvgIpc) is 3.15. The Bertz CT molecular complexity index is 1000. The fourth-order valence-corrected chi connectivity index (χ4v) is 3.79. The van der Waals surface area contributed by atoms with Crippen LogP contribution >= 0.6 is 0 Å². The van der Waals surface area contributed by atoms with Crippen molar-refractivity contribution in [3.05, 3.63) is 59.2 Å². The smallest absolute Gasteiger partial charge is 0.338 e. The van der Waals surface area contributed by atoms with Gasteiger partial charge in [0.15, 0.2) is 6.10 Å². The molecule has 0 bridgehead atoms. The van der Waals surface area contributed by atoms with Crippen LogP contribution in [-0.2, 0) is 32.4 Å². The number of hydrogen-bond donors (Lipinski definition) is 2. The maximum absolute atomic E-state index is 12.3. The van der Waals surface area contributed by atoms with E-state index in [2.05, 4.69) is 10.0 Å². The molecule has 148 valence electrons. The lowest BCUT2D eigenvalue weighted by molar-refractivity contribution is -0.123. The van der Waals surface area contributed by atoms with Gasteiger partial charge in [-0.05, 0) is 80.8 Å². The normalized spacial score (nSPS) is 14.2. The molecule has 28 heavy (non-hydrogen) atoms. The van der Waals surface area contributed by atoms with Gasteiger partial charge in [0.25, 0.3) is 5.91 Å². The number of rotatable bonds is 6. The largest absolute Gasteiger partial charge is 0.449 e. The van der Waals surface area contributed by atoms with E-state index >= 15 is 0 Å². The van der Waals surface area contributed by atoms with Crippen molar-refractivity contribution in [3.63, 3.8) is 0 Å². The van der Waals surface area contributed by atoms with Crippen LogP contribution in [0.2, 0.25) is 0 Å². The summed E-state index contributed by atoms with van der Waals surface area (Å²) < 4.78 is 30.8. The minimum atomic E-state index is -3.58. The lowest BCUT2D eigenvalue weighted by Crippen LogP contribution is -2.30. The first-order chi connectivity index (χ1) is 13.3. The quantitative estimate of drug-likeness (QED) is 0.722. The zero-order valence-electron chi connectivity index (χ0n) is 15.7. The Labute approximate surface area is 164 Å². The third-order valence-corrected chi connectivity index (χ3v) is 6.12. The van der Waals surface area contributed by atoms with Crippen LogP contribution in [0.3, 0.4) is 0 Å². The Hall–Kier alpha value is -2.71. The molecule has 0 aliphatic heterocycles. The molecule has 3 rings (SSSR count). The van der Waals surface area contributed by atoms with E-state index in [9.17, 15) is 18.0 Å². The summed E-state index contributed by atoms with van der Waals surface area (Å²) in [6.45, 7) is 1.49. The predicted molar refractivity (Wildman–Crippen MR) is 105 cm³/mol. The summed E-state index contributed by atoms with van der Waals surface area (Å²) in [6.07, 6.45) is 2.19. The fraction of sp³-hybridized carbons (Fsp3) is 0.300. The summed E-state index contributed by atoms with van der Waals surface area (Å²) in [5.74, 6) is -1.13. The highest BCUT2D eigenvalue weighted by molar-refractivity contribution is 7.89. The van der Waals surface area contributed by atoms with E-state index in [1.54, 1.807) is 0 Å². The average molecular weight is 402 g/mol. The number of anilines is 1. The van der Waals surface area contributed by atoms with Crippen LogP contribution in [0.15, 0.2) is 47.4 Å². The number of aryl methyl sites for hydroxylation is 2. The summed E-state index contributed by atoms with van der Waals surface area (Å²) in [5.41, 5.74) is 3.38. The number of amides is 1. The highest BCUT2D eigenvalue weighted by Gasteiger charge is 2.20. The Morgan fingerprint density at radius 3 is 2.39 bits per heavy atom. The summed E-state index contributed by atoms with van der Waals surface area (Å²) in [7, 11) is -2.28. The van der Waals surface area contributed by atoms with Crippen molar-refractivity contribution in [2.45, 2.75) is 37.2 Å². The van der Waals surface area contributed by atoms with E-state index in [-0.39, 0.29) is 10.5 Å². The van der Waals surface area contributed by atoms with Gasteiger partial charge in [0.05, 0.1) is 10.5 Å². The molecule has 1 aliphatic carbocycles. The summed E-state index contributed by atoms with van der Waals surface area (Å²) in [5, 5.41) is 2.76. The number of nitrogens with one attached hydrogen (secondary N) is 2. The zero-order chi connectivity index (χ0) is 20.3. The Morgan fingerprint density at radius 2 is 1.71 bits per heavy atom. The zero-order valence-corrected chi connectivity index (χ0v) is 16.5. The molecule has 0 spiro atoms. The van der Waals surface area contributed by atoms with Crippen LogP contribution in [0.4, 0.5) is 5.69 Å². The first-order valence-electron chi connectivity index (χ1n) is 8.97. The minimum Gasteiger partial charge on any atom is -0.449 e. The van der Waals surface area contributed by atoms with Crippen molar-refractivity contribution in [2.24, 2.45) is 0 Å². The van der Waals surface area contributed by atoms with Crippen LogP contribution in [0.25, 0.3) is 0 Å². The minimum absolute atomic E-state index is 0.0361. The van der Waals surface area contributed by atoms with Gasteiger partial charge in [-0.25, -0.2) is 17.9 Å². The van der Waals surface area contributed by atoms with Gasteiger partial charge in [0.2, 0.25) is 10.0 Å². The van der Waals surface area contributed by atoms with E-state index in [1.165, 1.54) is 49.4 Å². The van der Waals surface area contributed by atoms with Gasteiger partial charge in [-0.2, -0.15) is 0 Å². The van der Waals surface area contributed by atoms with Gasteiger partial charge < -0.3 is 10.1 Å². The van der Waals surface area contributed by atoms with E-state index in [0.29, 0.717) is 5.69 Å². The van der Waals surface area contributed by atoms with Crippen LogP contribution in [0.1, 0.15) is 34.8 Å². The third kappa shape index (κ3) is 4.40. The first-order valence-corrected chi connectivity index (χ1v) is 10.5. The molecule has 2 aromatic carbocycles. The van der Waals surface area contributed by atoms with E-state index in [4.69, 9.17) is 4.74 Å². The molecule has 2 aromatic rings. The highest BCUT2D eigenvalue weighted by atomic mass is 32.2. The van der Waals surface area contributed by atoms with Gasteiger partial charge in [-0.1, -0.05) is 6.07 Å². The number of ether oxygens (including phenoxy) is 1. The molecule has 0 saturated heterocycles. The van der Waals surface area contributed by atoms with Gasteiger partial charge in [-0.15, -0.1) is 0 Å². The molecule has 1 atom stereocenters. The summed E-state index contributed by atoms with van der Waals surface area (Å²) in [4.78, 5) is 24.6. The summed E-state index contributed by atoms with van der Waals surface area (Å²) in [6, 6.07) is 11.1. The lowest BCUT2D eigenvalue weighted by Gasteiger charge is -2.14. The number of carbonyl (C=O) groups excluding carboxylic acids is 2. The third-order valence-electron chi connectivity index (χ3n) is 4.69. The lowest BCUT2D eigenvalue weighted by atomic mass is 10.1. The second-order valence-electron chi connectivity index (χ2n) is 6.61. The molecule has 0 fully saturated rings. The van der Waals surface area contributed by atoms with E-state index in [0.717, 1.165) is 19.3 Å². The highest BCUT2D eigenvalue weighted by Crippen LogP contribution is 2.25. The second kappa shape index (κ2) is 8.12. The van der Waals surface area contributed by atoms with Crippen LogP contribution in [0, 0.1) is 0 Å². The van der Waals surface area contributed by atoms with Crippen molar-refractivity contribution in [1.29, 1.82) is 0 Å². The number of hydrogen-bond acceptors (Lipinski definition) is 5. The molecule has 0 saturated carbocycles. The van der Waals surface area contributed by atoms with E-state index in [1.807, 2.05) is 18.2 Å². The molecule has 1 aliphatic rings. The fourth-order valence-electron chi connectivity index (χ4n) is 3.06. The maximum Gasteiger partial charge on any atom is 0.338 e. The number of benzene rings is 2. The van der Waals surface area contributed by atoms with Crippen molar-refractivity contribution >= 4 is 27.6 Å². The van der Waals surface area contributed by atoms with Crippen molar-refractivity contribution in [1.82, 2.24) is 4.72 Å². The van der Waals surface area contributed by atoms with Gasteiger partial charge in [0.1, 0.15) is 0 Å². The number of fused-ring (bicyclic) bond motifs is 1. The molecule has 0 aromatic heterocycles. The number of esters is 1. The monoisotopic (exact) mass is 402 g/mol. The Kier molecular flexibility index (Phi) is 5.81. The second-order valence-corrected chi connectivity index (χ2v) is 8.49. The Morgan fingerprint density at radius 1 is 1.04 bits per heavy atom. The molecule has 0 heterocycles. The first kappa shape index (κ1) is 20.0. The Balaban J connectivity index is 1.61. The van der Waals surface area contributed by atoms with Crippen LogP contribution in [0.5, 0.6) is 0 Å². The van der Waals surface area contributed by atoms with Crippen molar-refractivity contribution < 1.29 is 22.7 Å². The van der Waals surface area contributed by atoms with Crippen LogP contribution < -0.4 is 10.0 Å². The molecule has 1 amide bonds. The molecule has 0 radical (unpaired) electrons. The molecular formula is C20H22N2O5S. The van der Waals surface area contributed by atoms with Crippen molar-refractivity contribution in [2.75, 3.05) is 12.4 Å². The van der Waals surface area contributed by atoms with Gasteiger partial charge >= 0.3 is 5.97 Å².